The Kier molecular flexibility index (Phi) is 4.33. The number of carbonyl (C=O) groups excluding carboxylic acids is 1. The summed E-state index contributed by atoms with van der Waals surface area (Å²) in [5.41, 5.74) is 1.57. The van der Waals surface area contributed by atoms with Gasteiger partial charge in [-0.15, -0.1) is 0 Å². The van der Waals surface area contributed by atoms with Crippen LogP contribution in [0.2, 0.25) is 0 Å². The summed E-state index contributed by atoms with van der Waals surface area (Å²) in [6.45, 7) is 0. The first-order valence-corrected chi connectivity index (χ1v) is 7.42. The van der Waals surface area contributed by atoms with Crippen molar-refractivity contribution in [3.8, 4) is 11.6 Å². The molecule has 0 saturated heterocycles. The zero-order valence-corrected chi connectivity index (χ0v) is 13.8. The van der Waals surface area contributed by atoms with Gasteiger partial charge >= 0.3 is 5.97 Å². The standard InChI is InChI=1S/C17H18N4O3/c1-20(2)16-11-15(19-14-8-9-18-21(14)16)24-13-6-4-12(5-7-13)10-17(22)23-3/h4-9,11H,10H2,1-3H3. The monoisotopic (exact) mass is 326 g/mol. The van der Waals surface area contributed by atoms with Crippen molar-refractivity contribution in [3.63, 3.8) is 0 Å². The predicted molar refractivity (Wildman–Crippen MR) is 89.6 cm³/mol. The number of esters is 1. The molecule has 0 radical (unpaired) electrons. The molecule has 0 saturated carbocycles. The van der Waals surface area contributed by atoms with Crippen molar-refractivity contribution in [3.05, 3.63) is 48.2 Å². The third-order valence-corrected chi connectivity index (χ3v) is 3.50. The Morgan fingerprint density at radius 3 is 2.62 bits per heavy atom. The third-order valence-electron chi connectivity index (χ3n) is 3.50. The number of hydrogen-bond donors (Lipinski definition) is 0. The summed E-state index contributed by atoms with van der Waals surface area (Å²) in [7, 11) is 5.24. The Hall–Kier alpha value is -3.09. The lowest BCUT2D eigenvalue weighted by atomic mass is 10.1. The number of benzene rings is 1. The van der Waals surface area contributed by atoms with E-state index in [1.54, 1.807) is 22.8 Å². The van der Waals surface area contributed by atoms with Gasteiger partial charge in [0.1, 0.15) is 11.6 Å². The fourth-order valence-electron chi connectivity index (χ4n) is 2.28. The predicted octanol–water partition coefficient (Wildman–Crippen LogP) is 2.30. The summed E-state index contributed by atoms with van der Waals surface area (Å²) < 4.78 is 12.2. The SMILES string of the molecule is COC(=O)Cc1ccc(Oc2cc(N(C)C)n3nccc3n2)cc1. The van der Waals surface area contributed by atoms with Crippen molar-refractivity contribution in [2.24, 2.45) is 0 Å². The highest BCUT2D eigenvalue weighted by Crippen LogP contribution is 2.25. The zero-order chi connectivity index (χ0) is 17.1. The quantitative estimate of drug-likeness (QED) is 0.670. The second-order valence-electron chi connectivity index (χ2n) is 5.45. The first kappa shape index (κ1) is 15.8. The molecule has 24 heavy (non-hydrogen) atoms. The Morgan fingerprint density at radius 1 is 1.21 bits per heavy atom. The number of rotatable bonds is 5. The molecule has 124 valence electrons. The number of anilines is 1. The van der Waals surface area contributed by atoms with Crippen LogP contribution in [0.1, 0.15) is 5.56 Å². The van der Waals surface area contributed by atoms with Crippen molar-refractivity contribution >= 4 is 17.4 Å². The van der Waals surface area contributed by atoms with Gasteiger partial charge in [-0.25, -0.2) is 0 Å². The fourth-order valence-corrected chi connectivity index (χ4v) is 2.28. The minimum atomic E-state index is -0.271. The molecule has 1 aromatic carbocycles. The van der Waals surface area contributed by atoms with Crippen molar-refractivity contribution in [1.29, 1.82) is 0 Å². The highest BCUT2D eigenvalue weighted by atomic mass is 16.5. The number of hydrogen-bond acceptors (Lipinski definition) is 6. The normalized spacial score (nSPS) is 10.6. The third kappa shape index (κ3) is 3.29. The van der Waals surface area contributed by atoms with Crippen LogP contribution in [0.5, 0.6) is 11.6 Å². The van der Waals surface area contributed by atoms with Crippen LogP contribution in [0.15, 0.2) is 42.6 Å². The van der Waals surface area contributed by atoms with Gasteiger partial charge in [-0.1, -0.05) is 12.1 Å². The maximum atomic E-state index is 11.3. The van der Waals surface area contributed by atoms with Crippen LogP contribution in [0, 0.1) is 0 Å². The Morgan fingerprint density at radius 2 is 1.96 bits per heavy atom. The highest BCUT2D eigenvalue weighted by molar-refractivity contribution is 5.72. The van der Waals surface area contributed by atoms with Gasteiger partial charge in [-0.2, -0.15) is 14.6 Å². The van der Waals surface area contributed by atoms with E-state index in [0.29, 0.717) is 17.3 Å². The van der Waals surface area contributed by atoms with Gasteiger partial charge in [-0.3, -0.25) is 4.79 Å². The number of methoxy groups -OCH3 is 1. The molecular weight excluding hydrogens is 308 g/mol. The maximum Gasteiger partial charge on any atom is 0.309 e. The van der Waals surface area contributed by atoms with Crippen molar-refractivity contribution in [2.45, 2.75) is 6.42 Å². The van der Waals surface area contributed by atoms with E-state index >= 15 is 0 Å². The first-order valence-electron chi connectivity index (χ1n) is 7.42. The average molecular weight is 326 g/mol. The number of fused-ring (bicyclic) bond motifs is 1. The molecule has 2 aromatic heterocycles. The molecule has 0 amide bonds. The van der Waals surface area contributed by atoms with Crippen molar-refractivity contribution in [2.75, 3.05) is 26.1 Å². The van der Waals surface area contributed by atoms with Gasteiger partial charge in [0.15, 0.2) is 5.65 Å². The van der Waals surface area contributed by atoms with Crippen molar-refractivity contribution in [1.82, 2.24) is 14.6 Å². The van der Waals surface area contributed by atoms with E-state index in [0.717, 1.165) is 11.4 Å². The molecule has 0 aliphatic rings. The van der Waals surface area contributed by atoms with Crippen LogP contribution >= 0.6 is 0 Å². The van der Waals surface area contributed by atoms with Crippen molar-refractivity contribution < 1.29 is 14.3 Å². The number of carbonyl (C=O) groups is 1. The van der Waals surface area contributed by atoms with Gasteiger partial charge in [0.05, 0.1) is 19.7 Å². The Balaban J connectivity index is 1.83. The molecule has 0 spiro atoms. The van der Waals surface area contributed by atoms with Crippen LogP contribution in [-0.4, -0.2) is 41.8 Å². The Labute approximate surface area is 139 Å². The largest absolute Gasteiger partial charge is 0.469 e. The molecule has 7 heteroatoms. The highest BCUT2D eigenvalue weighted by Gasteiger charge is 2.10. The van der Waals surface area contributed by atoms with Gasteiger partial charge in [0.2, 0.25) is 5.88 Å². The molecule has 3 rings (SSSR count). The van der Waals surface area contributed by atoms with E-state index in [1.807, 2.05) is 43.3 Å². The van der Waals surface area contributed by atoms with E-state index in [4.69, 9.17) is 4.74 Å². The lowest BCUT2D eigenvalue weighted by molar-refractivity contribution is -0.139. The summed E-state index contributed by atoms with van der Waals surface area (Å²) in [5.74, 6) is 1.71. The second kappa shape index (κ2) is 6.57. The van der Waals surface area contributed by atoms with Gasteiger partial charge in [0.25, 0.3) is 0 Å². The molecule has 2 heterocycles. The summed E-state index contributed by atoms with van der Waals surface area (Å²) in [5, 5.41) is 4.25. The molecule has 3 aromatic rings. The minimum Gasteiger partial charge on any atom is -0.469 e. The van der Waals surface area contributed by atoms with Crippen LogP contribution in [0.25, 0.3) is 5.65 Å². The zero-order valence-electron chi connectivity index (χ0n) is 13.8. The lowest BCUT2D eigenvalue weighted by Gasteiger charge is -2.15. The minimum absolute atomic E-state index is 0.238. The molecule has 0 fully saturated rings. The molecule has 0 aliphatic carbocycles. The number of nitrogens with zero attached hydrogens (tertiary/aromatic N) is 4. The molecule has 7 nitrogen and oxygen atoms in total. The summed E-state index contributed by atoms with van der Waals surface area (Å²) >= 11 is 0. The van der Waals surface area contributed by atoms with E-state index in [2.05, 4.69) is 14.8 Å². The van der Waals surface area contributed by atoms with Gasteiger partial charge in [-0.05, 0) is 17.7 Å². The summed E-state index contributed by atoms with van der Waals surface area (Å²) in [6.07, 6.45) is 1.93. The van der Waals surface area contributed by atoms with E-state index in [-0.39, 0.29) is 12.4 Å². The number of aromatic nitrogens is 3. The van der Waals surface area contributed by atoms with E-state index < -0.39 is 0 Å². The fraction of sp³-hybridized carbons (Fsp3) is 0.235. The number of ether oxygens (including phenoxy) is 2. The van der Waals surface area contributed by atoms with Crippen LogP contribution < -0.4 is 9.64 Å². The van der Waals surface area contributed by atoms with Gasteiger partial charge < -0.3 is 14.4 Å². The van der Waals surface area contributed by atoms with E-state index in [1.165, 1.54) is 7.11 Å². The summed E-state index contributed by atoms with van der Waals surface area (Å²) in [6, 6.07) is 10.9. The molecule has 0 atom stereocenters. The molecule has 0 N–H and O–H groups in total. The lowest BCUT2D eigenvalue weighted by Crippen LogP contribution is -2.14. The smallest absolute Gasteiger partial charge is 0.309 e. The molecule has 0 aliphatic heterocycles. The Bertz CT molecular complexity index is 856. The average Bonchev–Trinajstić information content (AvgIpc) is 3.04. The molecule has 0 unspecified atom stereocenters. The second-order valence-corrected chi connectivity index (χ2v) is 5.45. The maximum absolute atomic E-state index is 11.3. The first-order chi connectivity index (χ1) is 11.6. The van der Waals surface area contributed by atoms with Crippen LogP contribution in [-0.2, 0) is 16.0 Å². The summed E-state index contributed by atoms with van der Waals surface area (Å²) in [4.78, 5) is 17.7. The molecule has 0 bridgehead atoms. The topological polar surface area (TPSA) is 69.0 Å². The van der Waals surface area contributed by atoms with Crippen LogP contribution in [0.4, 0.5) is 5.82 Å². The van der Waals surface area contributed by atoms with E-state index in [9.17, 15) is 4.79 Å². The molecular formula is C17H18N4O3. The van der Waals surface area contributed by atoms with Gasteiger partial charge in [0, 0.05) is 26.2 Å². The van der Waals surface area contributed by atoms with Crippen LogP contribution in [0.3, 0.4) is 0 Å².